The van der Waals surface area contributed by atoms with Crippen molar-refractivity contribution < 1.29 is 8.42 Å². The molecule has 1 fully saturated rings. The molecule has 24 heavy (non-hydrogen) atoms. The number of nitrogens with one attached hydrogen (secondary N) is 1. The quantitative estimate of drug-likeness (QED) is 0.689. The van der Waals surface area contributed by atoms with Crippen LogP contribution in [0.15, 0.2) is 29.2 Å². The van der Waals surface area contributed by atoms with E-state index in [1.165, 1.54) is 38.5 Å². The van der Waals surface area contributed by atoms with E-state index in [1.54, 1.807) is 16.4 Å². The molecule has 4 nitrogen and oxygen atoms in total. The molecule has 1 aromatic carbocycles. The smallest absolute Gasteiger partial charge is 0.243 e. The molecular weight excluding hydrogens is 320 g/mol. The van der Waals surface area contributed by atoms with Gasteiger partial charge in [0.1, 0.15) is 0 Å². The van der Waals surface area contributed by atoms with E-state index in [4.69, 9.17) is 0 Å². The zero-order valence-corrected chi connectivity index (χ0v) is 15.9. The summed E-state index contributed by atoms with van der Waals surface area (Å²) in [6.07, 6.45) is 8.71. The van der Waals surface area contributed by atoms with E-state index in [-0.39, 0.29) is 6.04 Å². The molecule has 0 amide bonds. The van der Waals surface area contributed by atoms with E-state index in [9.17, 15) is 8.42 Å². The third-order valence-corrected chi connectivity index (χ3v) is 6.66. The molecule has 0 aliphatic carbocycles. The van der Waals surface area contributed by atoms with Gasteiger partial charge in [0.25, 0.3) is 0 Å². The molecule has 1 saturated heterocycles. The van der Waals surface area contributed by atoms with Gasteiger partial charge in [-0.1, -0.05) is 63.1 Å². The molecule has 136 valence electrons. The molecule has 0 bridgehead atoms. The Bertz CT molecular complexity index is 584. The van der Waals surface area contributed by atoms with Gasteiger partial charge in [-0.15, -0.1) is 0 Å². The van der Waals surface area contributed by atoms with Gasteiger partial charge in [0.15, 0.2) is 0 Å². The standard InChI is InChI=1S/C19H32N2O2S/c1-3-4-5-6-7-8-9-18-16-21(15-14-20-18)24(22,23)19-12-10-17(2)11-13-19/h10-13,18,20H,3-9,14-16H2,1-2H3. The second kappa shape index (κ2) is 9.54. The first-order valence-electron chi connectivity index (χ1n) is 9.34. The number of sulfonamides is 1. The minimum atomic E-state index is -3.36. The van der Waals surface area contributed by atoms with Crippen molar-refractivity contribution in [3.63, 3.8) is 0 Å². The summed E-state index contributed by atoms with van der Waals surface area (Å²) in [5, 5.41) is 3.48. The maximum atomic E-state index is 12.8. The average Bonchev–Trinajstić information content (AvgIpc) is 2.59. The van der Waals surface area contributed by atoms with Crippen molar-refractivity contribution in [2.24, 2.45) is 0 Å². The largest absolute Gasteiger partial charge is 0.311 e. The Morgan fingerprint density at radius 2 is 1.75 bits per heavy atom. The average molecular weight is 353 g/mol. The minimum Gasteiger partial charge on any atom is -0.311 e. The van der Waals surface area contributed by atoms with Crippen LogP contribution in [0.3, 0.4) is 0 Å². The highest BCUT2D eigenvalue weighted by Crippen LogP contribution is 2.19. The Kier molecular flexibility index (Phi) is 7.72. The predicted octanol–water partition coefficient (Wildman–Crippen LogP) is 3.71. The lowest BCUT2D eigenvalue weighted by molar-refractivity contribution is 0.284. The molecule has 1 aliphatic rings. The Balaban J connectivity index is 1.84. The van der Waals surface area contributed by atoms with Gasteiger partial charge in [-0.05, 0) is 25.5 Å². The molecule has 1 atom stereocenters. The fourth-order valence-corrected chi connectivity index (χ4v) is 4.72. The Hall–Kier alpha value is -0.910. The second-order valence-electron chi connectivity index (χ2n) is 6.88. The molecule has 0 saturated carbocycles. The molecule has 0 spiro atoms. The highest BCUT2D eigenvalue weighted by molar-refractivity contribution is 7.89. The molecule has 1 aromatic rings. The lowest BCUT2D eigenvalue weighted by Crippen LogP contribution is -2.52. The zero-order chi connectivity index (χ0) is 17.4. The summed E-state index contributed by atoms with van der Waals surface area (Å²) in [6, 6.07) is 7.45. The summed E-state index contributed by atoms with van der Waals surface area (Å²) in [4.78, 5) is 0.410. The number of nitrogens with zero attached hydrogens (tertiary/aromatic N) is 1. The molecule has 1 unspecified atom stereocenters. The molecule has 0 radical (unpaired) electrons. The fraction of sp³-hybridized carbons (Fsp3) is 0.684. The van der Waals surface area contributed by atoms with Crippen molar-refractivity contribution in [3.05, 3.63) is 29.8 Å². The van der Waals surface area contributed by atoms with E-state index in [0.717, 1.165) is 18.5 Å². The van der Waals surface area contributed by atoms with Crippen LogP contribution >= 0.6 is 0 Å². The number of piperazine rings is 1. The highest BCUT2D eigenvalue weighted by Gasteiger charge is 2.29. The van der Waals surface area contributed by atoms with Crippen LogP contribution in [0.5, 0.6) is 0 Å². The number of unbranched alkanes of at least 4 members (excludes halogenated alkanes) is 5. The Morgan fingerprint density at radius 3 is 2.46 bits per heavy atom. The third-order valence-electron chi connectivity index (χ3n) is 4.78. The van der Waals surface area contributed by atoms with Gasteiger partial charge in [0, 0.05) is 25.7 Å². The van der Waals surface area contributed by atoms with Crippen molar-refractivity contribution in [2.45, 2.75) is 69.7 Å². The summed E-state index contributed by atoms with van der Waals surface area (Å²) < 4.78 is 27.2. The van der Waals surface area contributed by atoms with Gasteiger partial charge >= 0.3 is 0 Å². The number of benzene rings is 1. The van der Waals surface area contributed by atoms with Gasteiger partial charge < -0.3 is 5.32 Å². The topological polar surface area (TPSA) is 49.4 Å². The molecule has 1 heterocycles. The van der Waals surface area contributed by atoms with Gasteiger partial charge in [-0.3, -0.25) is 0 Å². The second-order valence-corrected chi connectivity index (χ2v) is 8.82. The summed E-state index contributed by atoms with van der Waals surface area (Å²) in [5.41, 5.74) is 1.08. The van der Waals surface area contributed by atoms with Gasteiger partial charge in [0.2, 0.25) is 10.0 Å². The van der Waals surface area contributed by atoms with E-state index >= 15 is 0 Å². The minimum absolute atomic E-state index is 0.283. The molecule has 2 rings (SSSR count). The van der Waals surface area contributed by atoms with Crippen LogP contribution in [-0.2, 0) is 10.0 Å². The number of rotatable bonds is 9. The fourth-order valence-electron chi connectivity index (χ4n) is 3.24. The van der Waals surface area contributed by atoms with E-state index in [2.05, 4.69) is 12.2 Å². The maximum Gasteiger partial charge on any atom is 0.243 e. The summed E-state index contributed by atoms with van der Waals surface area (Å²) in [7, 11) is -3.36. The predicted molar refractivity (Wildman–Crippen MR) is 99.7 cm³/mol. The molecule has 1 aliphatic heterocycles. The van der Waals surface area contributed by atoms with Crippen LogP contribution in [0.2, 0.25) is 0 Å². The number of aryl methyl sites for hydroxylation is 1. The summed E-state index contributed by atoms with van der Waals surface area (Å²) in [5.74, 6) is 0. The Labute approximate surface area is 147 Å². The molecule has 0 aromatic heterocycles. The van der Waals surface area contributed by atoms with Crippen LogP contribution in [-0.4, -0.2) is 38.4 Å². The normalized spacial score (nSPS) is 19.5. The van der Waals surface area contributed by atoms with Gasteiger partial charge in [0.05, 0.1) is 4.90 Å². The number of hydrogen-bond donors (Lipinski definition) is 1. The highest BCUT2D eigenvalue weighted by atomic mass is 32.2. The van der Waals surface area contributed by atoms with Crippen molar-refractivity contribution in [1.29, 1.82) is 0 Å². The van der Waals surface area contributed by atoms with Crippen molar-refractivity contribution >= 4 is 10.0 Å². The SMILES string of the molecule is CCCCCCCCC1CN(S(=O)(=O)c2ccc(C)cc2)CCN1. The van der Waals surface area contributed by atoms with Crippen molar-refractivity contribution in [2.75, 3.05) is 19.6 Å². The van der Waals surface area contributed by atoms with E-state index in [1.807, 2.05) is 19.1 Å². The number of hydrogen-bond acceptors (Lipinski definition) is 3. The van der Waals surface area contributed by atoms with Gasteiger partial charge in [-0.25, -0.2) is 8.42 Å². The van der Waals surface area contributed by atoms with Crippen molar-refractivity contribution in [3.8, 4) is 0 Å². The Morgan fingerprint density at radius 1 is 1.08 bits per heavy atom. The first-order valence-corrected chi connectivity index (χ1v) is 10.8. The zero-order valence-electron chi connectivity index (χ0n) is 15.1. The van der Waals surface area contributed by atoms with Crippen molar-refractivity contribution in [1.82, 2.24) is 9.62 Å². The first-order chi connectivity index (χ1) is 11.5. The van der Waals surface area contributed by atoms with Crippen LogP contribution in [0, 0.1) is 6.92 Å². The van der Waals surface area contributed by atoms with Crippen LogP contribution in [0.25, 0.3) is 0 Å². The van der Waals surface area contributed by atoms with E-state index < -0.39 is 10.0 Å². The lowest BCUT2D eigenvalue weighted by atomic mass is 10.0. The lowest BCUT2D eigenvalue weighted by Gasteiger charge is -2.33. The summed E-state index contributed by atoms with van der Waals surface area (Å²) in [6.45, 7) is 6.09. The van der Waals surface area contributed by atoms with Crippen LogP contribution in [0.4, 0.5) is 0 Å². The molecular formula is C19H32N2O2S. The van der Waals surface area contributed by atoms with Gasteiger partial charge in [-0.2, -0.15) is 4.31 Å². The maximum absolute atomic E-state index is 12.8. The first kappa shape index (κ1) is 19.4. The van der Waals surface area contributed by atoms with E-state index in [0.29, 0.717) is 18.0 Å². The molecule has 1 N–H and O–H groups in total. The van der Waals surface area contributed by atoms with Crippen LogP contribution < -0.4 is 5.32 Å². The monoisotopic (exact) mass is 352 g/mol. The summed E-state index contributed by atoms with van der Waals surface area (Å²) >= 11 is 0. The third kappa shape index (κ3) is 5.57. The molecule has 5 heteroatoms. The van der Waals surface area contributed by atoms with Crippen LogP contribution in [0.1, 0.15) is 57.4 Å².